The fraction of sp³-hybridized carbons (Fsp3) is 0.348. The van der Waals surface area contributed by atoms with Crippen molar-refractivity contribution < 1.29 is 49.3 Å². The van der Waals surface area contributed by atoms with Crippen LogP contribution in [-0.2, 0) is 4.65 Å². The van der Waals surface area contributed by atoms with E-state index >= 15 is 0 Å². The minimum absolute atomic E-state index is 0.0291. The maximum atomic E-state index is 13.8. The number of nitrogens with one attached hydrogen (secondary N) is 1. The zero-order valence-electron chi connectivity index (χ0n) is 21.4. The summed E-state index contributed by atoms with van der Waals surface area (Å²) in [5.41, 5.74) is -2.86. The second-order valence-corrected chi connectivity index (χ2v) is 8.37. The highest BCUT2D eigenvalue weighted by Gasteiger charge is 2.54. The first-order chi connectivity index (χ1) is 17.8. The highest BCUT2D eigenvalue weighted by Crippen LogP contribution is 2.36. The molecule has 0 saturated carbocycles. The van der Waals surface area contributed by atoms with Gasteiger partial charge in [-0.25, -0.2) is 9.59 Å². The van der Waals surface area contributed by atoms with Gasteiger partial charge in [0.1, 0.15) is 22.8 Å². The molecular weight excluding hydrogens is 516 g/mol. The number of halogens is 4. The predicted octanol–water partition coefficient (Wildman–Crippen LogP) is 3.01. The van der Waals surface area contributed by atoms with Gasteiger partial charge in [-0.05, 0) is 46.8 Å². The van der Waals surface area contributed by atoms with Gasteiger partial charge in [0.25, 0.3) is 5.78 Å². The standard InChI is InChI=1S/C17H11B2F4O8.C6H15N/c1-8-6-12-14(16(24)26-8)10(28-18(20,21)30-12)4-3-5-11-15-13(31-19(22,23)29-11)7-9(2)27-17(15)25;1-4-7(5-2)6-3/h3-7H,1-2H3;4-6H2,1-3H3/q-1;/p+1/b4-3+,11-5-;. The molecule has 2 aromatic rings. The Kier molecular flexibility index (Phi) is 8.60. The number of hydrogen-bond donors (Lipinski definition) is 1. The van der Waals surface area contributed by atoms with Crippen LogP contribution in [0, 0.1) is 13.8 Å². The van der Waals surface area contributed by atoms with Gasteiger partial charge in [-0.2, -0.15) is 0 Å². The first kappa shape index (κ1) is 28.8. The SMILES string of the molecule is CC[NH+](CC)CC.Cc1cc2c(c(=O)o1)C(/C=C/C=C1\O[B-](F)(F)Oc3cc(C)oc(=O)c31)=[O+][B-](F)(F)O2. The van der Waals surface area contributed by atoms with Gasteiger partial charge in [-0.15, -0.1) is 0 Å². The summed E-state index contributed by atoms with van der Waals surface area (Å²) < 4.78 is 82.5. The molecule has 9 nitrogen and oxygen atoms in total. The van der Waals surface area contributed by atoms with Crippen LogP contribution in [0.4, 0.5) is 17.3 Å². The molecule has 0 spiro atoms. The van der Waals surface area contributed by atoms with E-state index in [9.17, 15) is 26.9 Å². The van der Waals surface area contributed by atoms with E-state index in [4.69, 9.17) is 8.83 Å². The second kappa shape index (κ2) is 11.3. The highest BCUT2D eigenvalue weighted by molar-refractivity contribution is 6.54. The lowest BCUT2D eigenvalue weighted by Crippen LogP contribution is -3.11. The Hall–Kier alpha value is -3.74. The Morgan fingerprint density at radius 3 is 1.89 bits per heavy atom. The van der Waals surface area contributed by atoms with Crippen LogP contribution in [0.5, 0.6) is 11.5 Å². The van der Waals surface area contributed by atoms with Crippen LogP contribution in [0.15, 0.2) is 48.8 Å². The molecule has 0 atom stereocenters. The van der Waals surface area contributed by atoms with Crippen molar-refractivity contribution in [1.82, 2.24) is 0 Å². The first-order valence-corrected chi connectivity index (χ1v) is 11.9. The maximum Gasteiger partial charge on any atom is 0.995 e. The summed E-state index contributed by atoms with van der Waals surface area (Å²) in [6, 6.07) is 2.16. The molecule has 0 radical (unpaired) electrons. The summed E-state index contributed by atoms with van der Waals surface area (Å²) in [6.07, 6.45) is 2.73. The maximum absolute atomic E-state index is 13.8. The van der Waals surface area contributed by atoms with Crippen molar-refractivity contribution in [1.29, 1.82) is 0 Å². The van der Waals surface area contributed by atoms with Crippen molar-refractivity contribution in [3.05, 3.63) is 73.8 Å². The van der Waals surface area contributed by atoms with Crippen LogP contribution >= 0.6 is 0 Å². The third-order valence-corrected chi connectivity index (χ3v) is 5.62. The lowest BCUT2D eigenvalue weighted by molar-refractivity contribution is -0.894. The molecule has 0 amide bonds. The molecule has 0 aromatic carbocycles. The lowest BCUT2D eigenvalue weighted by Gasteiger charge is -2.35. The molecule has 206 valence electrons. The third-order valence-electron chi connectivity index (χ3n) is 5.62. The van der Waals surface area contributed by atoms with Gasteiger partial charge >= 0.3 is 25.5 Å². The number of quaternary nitrogens is 1. The topological polar surface area (TPSA) is 104 Å². The van der Waals surface area contributed by atoms with E-state index in [0.717, 1.165) is 30.4 Å². The van der Waals surface area contributed by atoms with Crippen molar-refractivity contribution in [2.24, 2.45) is 0 Å². The second-order valence-electron chi connectivity index (χ2n) is 8.37. The van der Waals surface area contributed by atoms with Crippen LogP contribution in [0.3, 0.4) is 0 Å². The summed E-state index contributed by atoms with van der Waals surface area (Å²) in [7, 11) is -9.60. The molecule has 2 aromatic heterocycles. The minimum Gasteiger partial charge on any atom is -0.627 e. The minimum atomic E-state index is -4.80. The van der Waals surface area contributed by atoms with Gasteiger partial charge in [-0.3, -0.25) is 0 Å². The molecule has 38 heavy (non-hydrogen) atoms. The zero-order valence-corrected chi connectivity index (χ0v) is 21.4. The summed E-state index contributed by atoms with van der Waals surface area (Å²) in [4.78, 5) is 25.8. The van der Waals surface area contributed by atoms with E-state index in [-0.39, 0.29) is 11.5 Å². The molecule has 15 heteroatoms. The van der Waals surface area contributed by atoms with Crippen LogP contribution in [-0.4, -0.2) is 39.6 Å². The molecule has 1 N–H and O–H groups in total. The van der Waals surface area contributed by atoms with Crippen LogP contribution in [0.1, 0.15) is 47.8 Å². The van der Waals surface area contributed by atoms with Gasteiger partial charge in [0.05, 0.1) is 31.1 Å². The monoisotopic (exact) mass is 543 g/mol. The Bertz CT molecular complexity index is 1390. The molecule has 4 rings (SSSR count). The summed E-state index contributed by atoms with van der Waals surface area (Å²) in [5.74, 6) is -2.12. The third kappa shape index (κ3) is 6.77. The summed E-state index contributed by atoms with van der Waals surface area (Å²) in [6.45, 7) is 13.2. The van der Waals surface area contributed by atoms with Crippen LogP contribution in [0.2, 0.25) is 0 Å². The Morgan fingerprint density at radius 2 is 1.37 bits per heavy atom. The van der Waals surface area contributed by atoms with Crippen LogP contribution < -0.4 is 25.5 Å². The highest BCUT2D eigenvalue weighted by atomic mass is 19.3. The fourth-order valence-electron chi connectivity index (χ4n) is 3.77. The van der Waals surface area contributed by atoms with Gasteiger partial charge in [0.2, 0.25) is 0 Å². The van der Waals surface area contributed by atoms with E-state index in [0.29, 0.717) is 0 Å². The molecule has 4 heterocycles. The average molecular weight is 543 g/mol. The number of fused-ring (bicyclic) bond motifs is 2. The molecule has 2 aliphatic rings. The number of hydrogen-bond acceptors (Lipinski definition) is 7. The smallest absolute Gasteiger partial charge is 0.627 e. The normalized spacial score (nSPS) is 17.9. The largest absolute Gasteiger partial charge is 0.995 e. The van der Waals surface area contributed by atoms with E-state index in [2.05, 4.69) is 39.1 Å². The quantitative estimate of drug-likeness (QED) is 0.268. The van der Waals surface area contributed by atoms with E-state index in [1.807, 2.05) is 0 Å². The van der Waals surface area contributed by atoms with Crippen molar-refractivity contribution in [3.8, 4) is 11.5 Å². The molecule has 0 fully saturated rings. The number of allylic oxidation sites excluding steroid dienone is 3. The van der Waals surface area contributed by atoms with Gasteiger partial charge < -0.3 is 49.3 Å². The van der Waals surface area contributed by atoms with Crippen molar-refractivity contribution in [2.45, 2.75) is 34.6 Å². The fourth-order valence-corrected chi connectivity index (χ4v) is 3.77. The number of rotatable bonds is 5. The lowest BCUT2D eigenvalue weighted by atomic mass is 10.0. The molecular formula is C23H27B2F4NO8. The first-order valence-electron chi connectivity index (χ1n) is 11.9. The summed E-state index contributed by atoms with van der Waals surface area (Å²) >= 11 is 0. The van der Waals surface area contributed by atoms with Gasteiger partial charge in [0, 0.05) is 18.2 Å². The van der Waals surface area contributed by atoms with Gasteiger partial charge in [-0.1, -0.05) is 0 Å². The molecule has 0 bridgehead atoms. The zero-order chi connectivity index (χ0) is 28.3. The Balaban J connectivity index is 0.000000505. The van der Waals surface area contributed by atoms with E-state index in [1.54, 1.807) is 4.90 Å². The Morgan fingerprint density at radius 1 is 0.842 bits per heavy atom. The molecule has 0 unspecified atom stereocenters. The van der Waals surface area contributed by atoms with Crippen molar-refractivity contribution in [2.75, 3.05) is 19.6 Å². The number of carbonyl (C=O) groups excluding carboxylic acids is 1. The molecule has 0 aliphatic carbocycles. The van der Waals surface area contributed by atoms with Crippen molar-refractivity contribution >= 4 is 25.8 Å². The van der Waals surface area contributed by atoms with Gasteiger partial charge in [0.15, 0.2) is 5.56 Å². The molecule has 2 aliphatic heterocycles. The molecule has 0 saturated heterocycles. The van der Waals surface area contributed by atoms with E-state index in [1.165, 1.54) is 33.5 Å². The predicted molar refractivity (Wildman–Crippen MR) is 132 cm³/mol. The number of ketones is 1. The van der Waals surface area contributed by atoms with Crippen LogP contribution in [0.25, 0.3) is 5.76 Å². The van der Waals surface area contributed by atoms with E-state index < -0.39 is 59.6 Å². The number of aryl methyl sites for hydroxylation is 2. The van der Waals surface area contributed by atoms with Crippen molar-refractivity contribution in [3.63, 3.8) is 0 Å². The average Bonchev–Trinajstić information content (AvgIpc) is 2.77. The summed E-state index contributed by atoms with van der Waals surface area (Å²) in [5, 5.41) is 0. The Labute approximate surface area is 215 Å².